The van der Waals surface area contributed by atoms with E-state index in [4.69, 9.17) is 0 Å². The fraction of sp³-hybridized carbons (Fsp3) is 0.188. The van der Waals surface area contributed by atoms with Gasteiger partial charge in [-0.1, -0.05) is 28.1 Å². The van der Waals surface area contributed by atoms with Crippen molar-refractivity contribution in [3.8, 4) is 0 Å². The molecule has 4 heteroatoms. The first-order valence-electron chi connectivity index (χ1n) is 6.49. The second-order valence-corrected chi connectivity index (χ2v) is 5.93. The Morgan fingerprint density at radius 1 is 1.15 bits per heavy atom. The Kier molecular flexibility index (Phi) is 3.26. The molecule has 2 aromatic carbocycles. The van der Waals surface area contributed by atoms with Gasteiger partial charge in [-0.25, -0.2) is 0 Å². The number of carbonyl (C=O) groups is 1. The fourth-order valence-electron chi connectivity index (χ4n) is 2.51. The molecule has 1 aliphatic rings. The van der Waals surface area contributed by atoms with Gasteiger partial charge in [0.15, 0.2) is 0 Å². The molecule has 0 spiro atoms. The van der Waals surface area contributed by atoms with Gasteiger partial charge in [0.25, 0.3) is 0 Å². The molecule has 1 aliphatic heterocycles. The van der Waals surface area contributed by atoms with E-state index in [1.54, 1.807) is 0 Å². The lowest BCUT2D eigenvalue weighted by molar-refractivity contribution is -0.115. The molecule has 1 amide bonds. The number of rotatable bonds is 1. The molecule has 0 radical (unpaired) electrons. The number of nitrogens with zero attached hydrogens (tertiary/aromatic N) is 1. The molecule has 0 aliphatic carbocycles. The molecule has 1 N–H and O–H groups in total. The Morgan fingerprint density at radius 3 is 2.75 bits per heavy atom. The van der Waals surface area contributed by atoms with E-state index in [-0.39, 0.29) is 5.91 Å². The van der Waals surface area contributed by atoms with Crippen molar-refractivity contribution in [2.75, 3.05) is 16.8 Å². The lowest BCUT2D eigenvalue weighted by Crippen LogP contribution is -2.35. The van der Waals surface area contributed by atoms with Crippen molar-refractivity contribution in [3.05, 3.63) is 52.0 Å². The van der Waals surface area contributed by atoms with Gasteiger partial charge in [0.2, 0.25) is 5.91 Å². The number of benzene rings is 2. The Hall–Kier alpha value is -1.81. The quantitative estimate of drug-likeness (QED) is 0.851. The van der Waals surface area contributed by atoms with Crippen LogP contribution in [-0.4, -0.2) is 12.5 Å². The maximum absolute atomic E-state index is 11.9. The van der Waals surface area contributed by atoms with E-state index in [9.17, 15) is 4.79 Å². The van der Waals surface area contributed by atoms with Crippen molar-refractivity contribution in [1.29, 1.82) is 0 Å². The third-order valence-electron chi connectivity index (χ3n) is 3.69. The summed E-state index contributed by atoms with van der Waals surface area (Å²) in [5.41, 5.74) is 5.39. The highest BCUT2D eigenvalue weighted by Gasteiger charge is 2.24. The standard InChI is InChI=1S/C16H15BrN2O/c1-10-4-3-5-14(11(10)2)19-9-16(20)18-13-8-12(17)6-7-15(13)19/h3-8H,9H2,1-2H3,(H,18,20). The molecule has 0 fully saturated rings. The third-order valence-corrected chi connectivity index (χ3v) is 4.19. The predicted molar refractivity (Wildman–Crippen MR) is 85.7 cm³/mol. The second kappa shape index (κ2) is 4.94. The van der Waals surface area contributed by atoms with E-state index in [0.717, 1.165) is 21.5 Å². The van der Waals surface area contributed by atoms with E-state index in [1.165, 1.54) is 11.1 Å². The van der Waals surface area contributed by atoms with Crippen LogP contribution in [0.1, 0.15) is 11.1 Å². The van der Waals surface area contributed by atoms with Crippen LogP contribution >= 0.6 is 15.9 Å². The van der Waals surface area contributed by atoms with Crippen molar-refractivity contribution in [2.45, 2.75) is 13.8 Å². The summed E-state index contributed by atoms with van der Waals surface area (Å²) >= 11 is 3.44. The lowest BCUT2D eigenvalue weighted by Gasteiger charge is -2.32. The molecule has 0 unspecified atom stereocenters. The average Bonchev–Trinajstić information content (AvgIpc) is 2.40. The normalized spacial score (nSPS) is 13.9. The van der Waals surface area contributed by atoms with Crippen LogP contribution in [0, 0.1) is 13.8 Å². The molecule has 0 bridgehead atoms. The summed E-state index contributed by atoms with van der Waals surface area (Å²) in [5, 5.41) is 2.92. The van der Waals surface area contributed by atoms with E-state index in [1.807, 2.05) is 24.3 Å². The lowest BCUT2D eigenvalue weighted by atomic mass is 10.1. The van der Waals surface area contributed by atoms with Crippen LogP contribution in [0.4, 0.5) is 17.1 Å². The minimum absolute atomic E-state index is 0.0107. The SMILES string of the molecule is Cc1cccc(N2CC(=O)Nc3cc(Br)ccc32)c1C. The molecular weight excluding hydrogens is 316 g/mol. The molecule has 2 aromatic rings. The van der Waals surface area contributed by atoms with Gasteiger partial charge >= 0.3 is 0 Å². The second-order valence-electron chi connectivity index (χ2n) is 5.01. The van der Waals surface area contributed by atoms with Crippen LogP contribution < -0.4 is 10.2 Å². The van der Waals surface area contributed by atoms with Crippen LogP contribution in [0.5, 0.6) is 0 Å². The largest absolute Gasteiger partial charge is 0.330 e. The maximum Gasteiger partial charge on any atom is 0.244 e. The van der Waals surface area contributed by atoms with Crippen molar-refractivity contribution in [1.82, 2.24) is 0 Å². The zero-order chi connectivity index (χ0) is 14.3. The summed E-state index contributed by atoms with van der Waals surface area (Å²) in [6.07, 6.45) is 0. The number of carbonyl (C=O) groups excluding carboxylic acids is 1. The van der Waals surface area contributed by atoms with Crippen LogP contribution in [0.25, 0.3) is 0 Å². The molecule has 0 atom stereocenters. The molecule has 0 aromatic heterocycles. The first kappa shape index (κ1) is 13.2. The van der Waals surface area contributed by atoms with Gasteiger partial charge in [-0.15, -0.1) is 0 Å². The Balaban J connectivity index is 2.16. The van der Waals surface area contributed by atoms with Gasteiger partial charge in [0.1, 0.15) is 6.54 Å². The molecule has 3 rings (SSSR count). The monoisotopic (exact) mass is 330 g/mol. The first-order chi connectivity index (χ1) is 9.56. The van der Waals surface area contributed by atoms with Crippen LogP contribution in [0.3, 0.4) is 0 Å². The number of halogens is 1. The highest BCUT2D eigenvalue weighted by Crippen LogP contribution is 2.38. The highest BCUT2D eigenvalue weighted by atomic mass is 79.9. The summed E-state index contributed by atoms with van der Waals surface area (Å²) < 4.78 is 0.958. The molecule has 20 heavy (non-hydrogen) atoms. The highest BCUT2D eigenvalue weighted by molar-refractivity contribution is 9.10. The number of nitrogens with one attached hydrogen (secondary N) is 1. The summed E-state index contributed by atoms with van der Waals surface area (Å²) in [6, 6.07) is 12.1. The van der Waals surface area contributed by atoms with Gasteiger partial charge in [-0.05, 0) is 49.2 Å². The summed E-state index contributed by atoms with van der Waals surface area (Å²) in [7, 11) is 0. The van der Waals surface area contributed by atoms with E-state index in [0.29, 0.717) is 6.54 Å². The van der Waals surface area contributed by atoms with Crippen LogP contribution in [0.15, 0.2) is 40.9 Å². The van der Waals surface area contributed by atoms with E-state index < -0.39 is 0 Å². The molecule has 102 valence electrons. The average molecular weight is 331 g/mol. The predicted octanol–water partition coefficient (Wildman–Crippen LogP) is 4.16. The van der Waals surface area contributed by atoms with Crippen molar-refractivity contribution in [2.24, 2.45) is 0 Å². The smallest absolute Gasteiger partial charge is 0.244 e. The van der Waals surface area contributed by atoms with E-state index in [2.05, 4.69) is 52.1 Å². The third kappa shape index (κ3) is 2.20. The zero-order valence-corrected chi connectivity index (χ0v) is 13.0. The topological polar surface area (TPSA) is 32.3 Å². The Morgan fingerprint density at radius 2 is 1.95 bits per heavy atom. The number of fused-ring (bicyclic) bond motifs is 1. The zero-order valence-electron chi connectivity index (χ0n) is 11.4. The summed E-state index contributed by atoms with van der Waals surface area (Å²) in [6.45, 7) is 4.53. The van der Waals surface area contributed by atoms with Gasteiger partial charge in [-0.2, -0.15) is 0 Å². The van der Waals surface area contributed by atoms with Crippen molar-refractivity contribution < 1.29 is 4.79 Å². The molecule has 1 heterocycles. The number of anilines is 3. The fourth-order valence-corrected chi connectivity index (χ4v) is 2.87. The Bertz CT molecular complexity index is 697. The number of amides is 1. The van der Waals surface area contributed by atoms with Crippen molar-refractivity contribution in [3.63, 3.8) is 0 Å². The first-order valence-corrected chi connectivity index (χ1v) is 7.29. The summed E-state index contributed by atoms with van der Waals surface area (Å²) in [5.74, 6) is 0.0107. The van der Waals surface area contributed by atoms with E-state index >= 15 is 0 Å². The number of aryl methyl sites for hydroxylation is 1. The maximum atomic E-state index is 11.9. The Labute approximate surface area is 126 Å². The summed E-state index contributed by atoms with van der Waals surface area (Å²) in [4.78, 5) is 14.0. The van der Waals surface area contributed by atoms with Crippen LogP contribution in [0.2, 0.25) is 0 Å². The minimum Gasteiger partial charge on any atom is -0.330 e. The molecule has 3 nitrogen and oxygen atoms in total. The number of hydrogen-bond donors (Lipinski definition) is 1. The van der Waals surface area contributed by atoms with Gasteiger partial charge in [0, 0.05) is 10.2 Å². The molecule has 0 saturated carbocycles. The molecule has 0 saturated heterocycles. The number of hydrogen-bond acceptors (Lipinski definition) is 2. The van der Waals surface area contributed by atoms with Crippen molar-refractivity contribution >= 4 is 38.9 Å². The minimum atomic E-state index is 0.0107. The van der Waals surface area contributed by atoms with Crippen LogP contribution in [-0.2, 0) is 4.79 Å². The van der Waals surface area contributed by atoms with Gasteiger partial charge in [0.05, 0.1) is 11.4 Å². The van der Waals surface area contributed by atoms with Gasteiger partial charge in [-0.3, -0.25) is 4.79 Å². The van der Waals surface area contributed by atoms with Gasteiger partial charge < -0.3 is 10.2 Å². The molecular formula is C16H15BrN2O.